The van der Waals surface area contributed by atoms with E-state index < -0.39 is 30.4 Å². The molecular weight excluding hydrogens is 250 g/mol. The highest BCUT2D eigenvalue weighted by molar-refractivity contribution is 5.87. The van der Waals surface area contributed by atoms with E-state index in [1.165, 1.54) is 0 Å². The Kier molecular flexibility index (Phi) is 7.55. The van der Waals surface area contributed by atoms with E-state index in [-0.39, 0.29) is 6.04 Å². The summed E-state index contributed by atoms with van der Waals surface area (Å²) in [5.41, 5.74) is 4.92. The average Bonchev–Trinajstić information content (AvgIpc) is 2.26. The van der Waals surface area contributed by atoms with Crippen molar-refractivity contribution < 1.29 is 19.5 Å². The van der Waals surface area contributed by atoms with Crippen molar-refractivity contribution in [2.45, 2.75) is 52.1 Å². The molecule has 0 saturated carbocycles. The van der Waals surface area contributed by atoms with Crippen molar-refractivity contribution in [3.8, 4) is 0 Å². The lowest BCUT2D eigenvalue weighted by Gasteiger charge is -2.19. The zero-order valence-electron chi connectivity index (χ0n) is 11.6. The highest BCUT2D eigenvalue weighted by atomic mass is 16.4. The summed E-state index contributed by atoms with van der Waals surface area (Å²) in [5, 5.41) is 13.7. The molecule has 0 spiro atoms. The van der Waals surface area contributed by atoms with Crippen molar-refractivity contribution >= 4 is 17.9 Å². The van der Waals surface area contributed by atoms with E-state index in [1.807, 2.05) is 6.92 Å². The molecule has 3 amide bonds. The van der Waals surface area contributed by atoms with Crippen LogP contribution in [0, 0.1) is 5.92 Å². The fourth-order valence-electron chi connectivity index (χ4n) is 1.65. The fourth-order valence-corrected chi connectivity index (χ4v) is 1.65. The second kappa shape index (κ2) is 8.34. The molecule has 0 heterocycles. The van der Waals surface area contributed by atoms with Crippen LogP contribution in [-0.2, 0) is 9.59 Å². The number of amides is 3. The number of carbonyl (C=O) groups excluding carboxylic acids is 2. The monoisotopic (exact) mass is 273 g/mol. The lowest BCUT2D eigenvalue weighted by Crippen LogP contribution is -2.49. The normalized spacial score (nSPS) is 15.1. The predicted octanol–water partition coefficient (Wildman–Crippen LogP) is 0.439. The smallest absolute Gasteiger partial charge is 0.326 e. The van der Waals surface area contributed by atoms with Crippen molar-refractivity contribution in [3.63, 3.8) is 0 Å². The maximum absolute atomic E-state index is 11.6. The average molecular weight is 273 g/mol. The Morgan fingerprint density at radius 2 is 1.79 bits per heavy atom. The van der Waals surface area contributed by atoms with Crippen molar-refractivity contribution in [3.05, 3.63) is 0 Å². The van der Waals surface area contributed by atoms with Gasteiger partial charge in [0.15, 0.2) is 0 Å². The van der Waals surface area contributed by atoms with Gasteiger partial charge in [-0.1, -0.05) is 20.3 Å². The Hall–Kier alpha value is -1.79. The zero-order chi connectivity index (χ0) is 15.0. The van der Waals surface area contributed by atoms with E-state index in [1.54, 1.807) is 0 Å². The van der Waals surface area contributed by atoms with Gasteiger partial charge in [-0.05, 0) is 19.3 Å². The molecule has 2 unspecified atom stereocenters. The predicted molar refractivity (Wildman–Crippen MR) is 70.4 cm³/mol. The van der Waals surface area contributed by atoms with E-state index >= 15 is 0 Å². The number of carboxylic acid groups (broad SMARTS) is 1. The summed E-state index contributed by atoms with van der Waals surface area (Å²) in [7, 11) is 0. The minimum absolute atomic E-state index is 0.0713. The fraction of sp³-hybridized carbons (Fsp3) is 0.750. The second-order valence-corrected chi connectivity index (χ2v) is 4.83. The number of carbonyl (C=O) groups is 3. The largest absolute Gasteiger partial charge is 0.480 e. The molecule has 0 rings (SSSR count). The molecule has 7 nitrogen and oxygen atoms in total. The van der Waals surface area contributed by atoms with Gasteiger partial charge in [-0.25, -0.2) is 9.59 Å². The number of nitrogens with two attached hydrogens (primary N) is 1. The molecule has 0 aliphatic rings. The standard InChI is InChI=1S/C12H23N3O4/c1-4-7(2)5-8(3)14-12(19)15-9(11(17)18)6-10(13)16/h7-9H,4-6H2,1-3H3,(H2,13,16)(H,17,18)(H2,14,15,19)/t7?,8?,9-/m1/s1. The molecular formula is C12H23N3O4. The first kappa shape index (κ1) is 17.2. The molecule has 0 aliphatic heterocycles. The second-order valence-electron chi connectivity index (χ2n) is 4.83. The van der Waals surface area contributed by atoms with Gasteiger partial charge in [0.25, 0.3) is 0 Å². The van der Waals surface area contributed by atoms with E-state index in [0.717, 1.165) is 12.8 Å². The van der Waals surface area contributed by atoms with Crippen molar-refractivity contribution in [1.29, 1.82) is 0 Å². The third-order valence-electron chi connectivity index (χ3n) is 2.84. The lowest BCUT2D eigenvalue weighted by molar-refractivity contribution is -0.140. The number of primary amides is 1. The van der Waals surface area contributed by atoms with Crippen molar-refractivity contribution in [1.82, 2.24) is 10.6 Å². The van der Waals surface area contributed by atoms with E-state index in [0.29, 0.717) is 5.92 Å². The highest BCUT2D eigenvalue weighted by Gasteiger charge is 2.22. The van der Waals surface area contributed by atoms with E-state index in [2.05, 4.69) is 24.5 Å². The Morgan fingerprint density at radius 1 is 1.21 bits per heavy atom. The first-order chi connectivity index (χ1) is 8.76. The number of aliphatic carboxylic acids is 1. The first-order valence-electron chi connectivity index (χ1n) is 6.34. The van der Waals surface area contributed by atoms with Gasteiger partial charge in [0, 0.05) is 6.04 Å². The molecule has 0 bridgehead atoms. The number of urea groups is 1. The molecule has 110 valence electrons. The molecule has 3 atom stereocenters. The number of nitrogens with one attached hydrogen (secondary N) is 2. The van der Waals surface area contributed by atoms with E-state index in [4.69, 9.17) is 10.8 Å². The Morgan fingerprint density at radius 3 is 2.21 bits per heavy atom. The summed E-state index contributed by atoms with van der Waals surface area (Å²) >= 11 is 0. The van der Waals surface area contributed by atoms with E-state index in [9.17, 15) is 14.4 Å². The molecule has 19 heavy (non-hydrogen) atoms. The molecule has 5 N–H and O–H groups in total. The number of hydrogen-bond donors (Lipinski definition) is 4. The van der Waals surface area contributed by atoms with Crippen LogP contribution in [0.15, 0.2) is 0 Å². The van der Waals surface area contributed by atoms with Crippen LogP contribution >= 0.6 is 0 Å². The summed E-state index contributed by atoms with van der Waals surface area (Å²) in [5.74, 6) is -1.60. The molecule has 7 heteroatoms. The summed E-state index contributed by atoms with van der Waals surface area (Å²) in [6.45, 7) is 5.98. The summed E-state index contributed by atoms with van der Waals surface area (Å²) in [4.78, 5) is 33.1. The van der Waals surface area contributed by atoms with Crippen LogP contribution < -0.4 is 16.4 Å². The molecule has 0 aromatic carbocycles. The summed E-state index contributed by atoms with van der Waals surface area (Å²) < 4.78 is 0. The quantitative estimate of drug-likeness (QED) is 0.512. The Labute approximate surface area is 112 Å². The van der Waals surface area contributed by atoms with Gasteiger partial charge in [0.1, 0.15) is 6.04 Å². The van der Waals surface area contributed by atoms with Gasteiger partial charge in [-0.3, -0.25) is 4.79 Å². The molecule has 0 fully saturated rings. The molecule has 0 aromatic rings. The zero-order valence-corrected chi connectivity index (χ0v) is 11.6. The Bertz CT molecular complexity index is 333. The number of carboxylic acids is 1. The molecule has 0 aliphatic carbocycles. The van der Waals surface area contributed by atoms with Crippen LogP contribution in [0.3, 0.4) is 0 Å². The van der Waals surface area contributed by atoms with Gasteiger partial charge >= 0.3 is 12.0 Å². The molecule has 0 saturated heterocycles. The Balaban J connectivity index is 4.26. The third kappa shape index (κ3) is 8.01. The summed E-state index contributed by atoms with van der Waals surface area (Å²) in [6.07, 6.45) is 1.38. The minimum Gasteiger partial charge on any atom is -0.480 e. The third-order valence-corrected chi connectivity index (χ3v) is 2.84. The molecule has 0 aromatic heterocycles. The van der Waals surface area contributed by atoms with Gasteiger partial charge in [0.05, 0.1) is 6.42 Å². The van der Waals surface area contributed by atoms with Gasteiger partial charge in [-0.15, -0.1) is 0 Å². The van der Waals surface area contributed by atoms with Crippen LogP contribution in [0.1, 0.15) is 40.0 Å². The SMILES string of the molecule is CCC(C)CC(C)NC(=O)N[C@H](CC(N)=O)C(=O)O. The van der Waals surface area contributed by atoms with Crippen molar-refractivity contribution in [2.24, 2.45) is 11.7 Å². The van der Waals surface area contributed by atoms with Crippen LogP contribution in [0.2, 0.25) is 0 Å². The lowest BCUT2D eigenvalue weighted by atomic mass is 10.0. The number of hydrogen-bond acceptors (Lipinski definition) is 3. The maximum Gasteiger partial charge on any atom is 0.326 e. The van der Waals surface area contributed by atoms with Crippen LogP contribution in [0.25, 0.3) is 0 Å². The number of rotatable bonds is 8. The van der Waals surface area contributed by atoms with Crippen LogP contribution in [0.4, 0.5) is 4.79 Å². The van der Waals surface area contributed by atoms with Gasteiger partial charge in [0.2, 0.25) is 5.91 Å². The minimum atomic E-state index is -1.30. The molecule has 0 radical (unpaired) electrons. The van der Waals surface area contributed by atoms with Gasteiger partial charge in [-0.2, -0.15) is 0 Å². The summed E-state index contributed by atoms with van der Waals surface area (Å²) in [6, 6.07) is -1.98. The topological polar surface area (TPSA) is 122 Å². The highest BCUT2D eigenvalue weighted by Crippen LogP contribution is 2.09. The maximum atomic E-state index is 11.6. The van der Waals surface area contributed by atoms with Crippen LogP contribution in [-0.4, -0.2) is 35.1 Å². The van der Waals surface area contributed by atoms with Gasteiger partial charge < -0.3 is 21.5 Å². The van der Waals surface area contributed by atoms with Crippen molar-refractivity contribution in [2.75, 3.05) is 0 Å². The first-order valence-corrected chi connectivity index (χ1v) is 6.34. The van der Waals surface area contributed by atoms with Crippen LogP contribution in [0.5, 0.6) is 0 Å².